The van der Waals surface area contributed by atoms with Crippen LogP contribution >= 0.6 is 11.3 Å². The van der Waals surface area contributed by atoms with Crippen molar-refractivity contribution >= 4 is 17.3 Å². The fourth-order valence-corrected chi connectivity index (χ4v) is 4.38. The maximum Gasteiger partial charge on any atom is 0.193 e. The molecule has 0 amide bonds. The van der Waals surface area contributed by atoms with Crippen molar-refractivity contribution in [1.82, 2.24) is 20.1 Å². The Hall–Kier alpha value is -1.18. The van der Waals surface area contributed by atoms with Gasteiger partial charge in [-0.05, 0) is 51.6 Å². The van der Waals surface area contributed by atoms with E-state index >= 15 is 0 Å². The molecule has 1 saturated heterocycles. The molecule has 0 saturated carbocycles. The molecule has 6 nitrogen and oxygen atoms in total. The minimum Gasteiger partial charge on any atom is -0.375 e. The molecule has 1 aliphatic heterocycles. The number of guanidine groups is 1. The highest BCUT2D eigenvalue weighted by atomic mass is 32.1. The third kappa shape index (κ3) is 7.39. The van der Waals surface area contributed by atoms with E-state index in [2.05, 4.69) is 44.4 Å². The van der Waals surface area contributed by atoms with Crippen LogP contribution in [0.3, 0.4) is 0 Å². The van der Waals surface area contributed by atoms with E-state index in [-0.39, 0.29) is 6.10 Å². The van der Waals surface area contributed by atoms with Crippen LogP contribution in [0.4, 0.5) is 0 Å². The number of nitrogens with zero attached hydrogens (tertiary/aromatic N) is 4. The number of piperidine rings is 1. The third-order valence-electron chi connectivity index (χ3n) is 5.17. The summed E-state index contributed by atoms with van der Waals surface area (Å²) in [4.78, 5) is 13.8. The van der Waals surface area contributed by atoms with Gasteiger partial charge in [-0.2, -0.15) is 0 Å². The summed E-state index contributed by atoms with van der Waals surface area (Å²) in [6, 6.07) is 0. The summed E-state index contributed by atoms with van der Waals surface area (Å²) in [5, 5.41) is 6.61. The molecule has 1 N–H and O–H groups in total. The maximum atomic E-state index is 5.34. The smallest absolute Gasteiger partial charge is 0.193 e. The van der Waals surface area contributed by atoms with E-state index < -0.39 is 0 Å². The number of hydrogen-bond donors (Lipinski definition) is 1. The second-order valence-corrected chi connectivity index (χ2v) is 8.53. The molecule has 27 heavy (non-hydrogen) atoms. The first-order chi connectivity index (χ1) is 13.0. The number of methoxy groups -OCH3 is 1. The Kier molecular flexibility index (Phi) is 9.51. The topological polar surface area (TPSA) is 53.0 Å². The molecule has 0 bridgehead atoms. The quantitative estimate of drug-likeness (QED) is 0.395. The standard InChI is InChI=1S/C20H37N5OS/c1-16-9-8-12-25(13-16)11-7-6-10-22-20(21-3)24(4)14-18-15-27-19(23-18)17(2)26-5/h15-17H,6-14H2,1-5H3,(H,21,22). The Morgan fingerprint density at radius 2 is 2.33 bits per heavy atom. The first-order valence-electron chi connectivity index (χ1n) is 10.1. The predicted molar refractivity (Wildman–Crippen MR) is 114 cm³/mol. The van der Waals surface area contributed by atoms with Gasteiger partial charge in [0.05, 0.1) is 12.2 Å². The van der Waals surface area contributed by atoms with Gasteiger partial charge in [-0.15, -0.1) is 11.3 Å². The van der Waals surface area contributed by atoms with Crippen LogP contribution in [-0.4, -0.2) is 68.1 Å². The number of unbranched alkanes of at least 4 members (excludes halogenated alkanes) is 1. The number of ether oxygens (including phenoxy) is 1. The van der Waals surface area contributed by atoms with Gasteiger partial charge in [0.2, 0.25) is 0 Å². The monoisotopic (exact) mass is 395 g/mol. The van der Waals surface area contributed by atoms with E-state index in [4.69, 9.17) is 4.74 Å². The highest BCUT2D eigenvalue weighted by Crippen LogP contribution is 2.21. The molecule has 0 aromatic carbocycles. The number of likely N-dealkylation sites (tertiary alicyclic amines) is 1. The third-order valence-corrected chi connectivity index (χ3v) is 6.22. The lowest BCUT2D eigenvalue weighted by Gasteiger charge is -2.30. The zero-order chi connectivity index (χ0) is 19.6. The van der Waals surface area contributed by atoms with Gasteiger partial charge >= 0.3 is 0 Å². The molecule has 2 heterocycles. The van der Waals surface area contributed by atoms with E-state index in [1.54, 1.807) is 18.4 Å². The molecule has 7 heteroatoms. The lowest BCUT2D eigenvalue weighted by atomic mass is 10.0. The SMILES string of the molecule is CN=C(NCCCCN1CCCC(C)C1)N(C)Cc1csc(C(C)OC)n1. The Labute approximate surface area is 169 Å². The number of aromatic nitrogens is 1. The van der Waals surface area contributed by atoms with Crippen LogP contribution in [0.1, 0.15) is 56.3 Å². The van der Waals surface area contributed by atoms with E-state index in [0.29, 0.717) is 0 Å². The first kappa shape index (κ1) is 22.1. The van der Waals surface area contributed by atoms with Crippen LogP contribution in [0, 0.1) is 5.92 Å². The summed E-state index contributed by atoms with van der Waals surface area (Å²) in [6.45, 7) is 9.88. The molecule has 1 aliphatic rings. The van der Waals surface area contributed by atoms with E-state index in [1.165, 1.54) is 45.3 Å². The summed E-state index contributed by atoms with van der Waals surface area (Å²) in [6.07, 6.45) is 5.22. The van der Waals surface area contributed by atoms with Crippen molar-refractivity contribution in [2.45, 2.75) is 52.2 Å². The van der Waals surface area contributed by atoms with Crippen molar-refractivity contribution in [1.29, 1.82) is 0 Å². The number of nitrogens with one attached hydrogen (secondary N) is 1. The van der Waals surface area contributed by atoms with Gasteiger partial charge < -0.3 is 19.9 Å². The summed E-state index contributed by atoms with van der Waals surface area (Å²) < 4.78 is 5.34. The van der Waals surface area contributed by atoms with Crippen molar-refractivity contribution in [2.24, 2.45) is 10.9 Å². The maximum absolute atomic E-state index is 5.34. The summed E-state index contributed by atoms with van der Waals surface area (Å²) >= 11 is 1.65. The zero-order valence-electron chi connectivity index (χ0n) is 17.7. The van der Waals surface area contributed by atoms with E-state index in [9.17, 15) is 0 Å². The zero-order valence-corrected chi connectivity index (χ0v) is 18.5. The number of rotatable bonds is 9. The molecular formula is C20H37N5OS. The summed E-state index contributed by atoms with van der Waals surface area (Å²) in [5.41, 5.74) is 1.06. The number of thiazole rings is 1. The Morgan fingerprint density at radius 1 is 1.52 bits per heavy atom. The van der Waals surface area contributed by atoms with Gasteiger partial charge in [-0.3, -0.25) is 4.99 Å². The van der Waals surface area contributed by atoms with Gasteiger partial charge in [0.1, 0.15) is 11.1 Å². The Bertz CT molecular complexity index is 576. The van der Waals surface area contributed by atoms with Gasteiger partial charge in [-0.25, -0.2) is 4.98 Å². The normalized spacial score (nSPS) is 19.9. The number of hydrogen-bond acceptors (Lipinski definition) is 5. The minimum atomic E-state index is 0.0504. The minimum absolute atomic E-state index is 0.0504. The molecule has 0 aliphatic carbocycles. The highest BCUT2D eigenvalue weighted by molar-refractivity contribution is 7.09. The van der Waals surface area contributed by atoms with Crippen molar-refractivity contribution < 1.29 is 4.74 Å². The Balaban J connectivity index is 1.67. The molecule has 2 unspecified atom stereocenters. The molecule has 1 fully saturated rings. The van der Waals surface area contributed by atoms with Crippen LogP contribution < -0.4 is 5.32 Å². The van der Waals surface area contributed by atoms with Crippen molar-refractivity contribution in [3.8, 4) is 0 Å². The van der Waals surface area contributed by atoms with Gasteiger partial charge in [-0.1, -0.05) is 6.92 Å². The first-order valence-corrected chi connectivity index (χ1v) is 11.0. The largest absolute Gasteiger partial charge is 0.375 e. The number of aliphatic imine (C=N–C) groups is 1. The van der Waals surface area contributed by atoms with Crippen LogP contribution in [-0.2, 0) is 11.3 Å². The second kappa shape index (κ2) is 11.6. The predicted octanol–water partition coefficient (Wildman–Crippen LogP) is 3.37. The van der Waals surface area contributed by atoms with Crippen LogP contribution in [0.5, 0.6) is 0 Å². The Morgan fingerprint density at radius 3 is 3.04 bits per heavy atom. The highest BCUT2D eigenvalue weighted by Gasteiger charge is 2.15. The lowest BCUT2D eigenvalue weighted by Crippen LogP contribution is -2.39. The van der Waals surface area contributed by atoms with Gasteiger partial charge in [0.25, 0.3) is 0 Å². The van der Waals surface area contributed by atoms with E-state index in [1.807, 2.05) is 14.0 Å². The second-order valence-electron chi connectivity index (χ2n) is 7.64. The fourth-order valence-electron chi connectivity index (χ4n) is 3.54. The lowest BCUT2D eigenvalue weighted by molar-refractivity contribution is 0.119. The van der Waals surface area contributed by atoms with Crippen molar-refractivity contribution in [3.05, 3.63) is 16.1 Å². The molecule has 1 aromatic rings. The molecule has 0 spiro atoms. The van der Waals surface area contributed by atoms with Gasteiger partial charge in [0.15, 0.2) is 5.96 Å². The molecule has 2 rings (SSSR count). The molecular weight excluding hydrogens is 358 g/mol. The van der Waals surface area contributed by atoms with Crippen LogP contribution in [0.25, 0.3) is 0 Å². The van der Waals surface area contributed by atoms with E-state index in [0.717, 1.165) is 35.7 Å². The molecule has 0 radical (unpaired) electrons. The average molecular weight is 396 g/mol. The average Bonchev–Trinajstić information content (AvgIpc) is 3.12. The molecule has 154 valence electrons. The molecule has 2 atom stereocenters. The summed E-state index contributed by atoms with van der Waals surface area (Å²) in [5.74, 6) is 1.79. The van der Waals surface area contributed by atoms with Gasteiger partial charge in [0, 0.05) is 39.7 Å². The molecule has 1 aromatic heterocycles. The van der Waals surface area contributed by atoms with Crippen molar-refractivity contribution in [3.63, 3.8) is 0 Å². The van der Waals surface area contributed by atoms with Crippen LogP contribution in [0.15, 0.2) is 10.4 Å². The summed E-state index contributed by atoms with van der Waals surface area (Å²) in [7, 11) is 5.62. The fraction of sp³-hybridized carbons (Fsp3) is 0.800. The van der Waals surface area contributed by atoms with Crippen LogP contribution in [0.2, 0.25) is 0 Å². The van der Waals surface area contributed by atoms with Crippen molar-refractivity contribution in [2.75, 3.05) is 47.4 Å².